The van der Waals surface area contributed by atoms with E-state index < -0.39 is 0 Å². The molecule has 4 nitrogen and oxygen atoms in total. The topological polar surface area (TPSA) is 47.6 Å². The molecule has 0 saturated carbocycles. The quantitative estimate of drug-likeness (QED) is 0.345. The summed E-state index contributed by atoms with van der Waals surface area (Å²) in [4.78, 5) is 12.8. The van der Waals surface area contributed by atoms with Crippen molar-refractivity contribution in [3.8, 4) is 22.6 Å². The molecule has 0 bridgehead atoms. The average molecular weight is 438 g/mol. The van der Waals surface area contributed by atoms with E-state index in [-0.39, 0.29) is 11.9 Å². The van der Waals surface area contributed by atoms with Crippen molar-refractivity contribution in [3.05, 3.63) is 120 Å². The molecule has 0 aliphatic heterocycles. The lowest BCUT2D eigenvalue weighted by Gasteiger charge is -2.16. The molecule has 0 spiro atoms. The SMILES string of the molecule is COc1ccc(C(=O)N[C@H](C)c2ccccc2)cc1COc1ccc(-c2ccccc2)cc1. The van der Waals surface area contributed by atoms with Crippen molar-refractivity contribution >= 4 is 5.91 Å². The average Bonchev–Trinajstić information content (AvgIpc) is 2.88. The predicted octanol–water partition coefficient (Wildman–Crippen LogP) is 6.43. The van der Waals surface area contributed by atoms with Crippen molar-refractivity contribution in [2.75, 3.05) is 7.11 Å². The molecular weight excluding hydrogens is 410 g/mol. The Morgan fingerprint density at radius 3 is 2.12 bits per heavy atom. The lowest BCUT2D eigenvalue weighted by Crippen LogP contribution is -2.26. The van der Waals surface area contributed by atoms with Gasteiger partial charge in [-0.1, -0.05) is 72.8 Å². The van der Waals surface area contributed by atoms with Crippen molar-refractivity contribution in [2.45, 2.75) is 19.6 Å². The van der Waals surface area contributed by atoms with E-state index in [1.165, 1.54) is 0 Å². The van der Waals surface area contributed by atoms with Gasteiger partial charge in [-0.2, -0.15) is 0 Å². The van der Waals surface area contributed by atoms with Gasteiger partial charge in [-0.25, -0.2) is 0 Å². The first-order valence-corrected chi connectivity index (χ1v) is 10.9. The Labute approximate surface area is 194 Å². The lowest BCUT2D eigenvalue weighted by molar-refractivity contribution is 0.0939. The number of carbonyl (C=O) groups excluding carboxylic acids is 1. The molecule has 0 fully saturated rings. The summed E-state index contributed by atoms with van der Waals surface area (Å²) in [7, 11) is 1.62. The molecule has 1 N–H and O–H groups in total. The van der Waals surface area contributed by atoms with Gasteiger partial charge in [-0.05, 0) is 53.9 Å². The molecule has 4 aromatic rings. The number of ether oxygens (including phenoxy) is 2. The van der Waals surface area contributed by atoms with Crippen LogP contribution in [0.2, 0.25) is 0 Å². The van der Waals surface area contributed by atoms with Gasteiger partial charge in [0.25, 0.3) is 5.91 Å². The van der Waals surface area contributed by atoms with Crippen molar-refractivity contribution in [2.24, 2.45) is 0 Å². The summed E-state index contributed by atoms with van der Waals surface area (Å²) in [6.07, 6.45) is 0. The summed E-state index contributed by atoms with van der Waals surface area (Å²) in [5.41, 5.74) is 4.73. The van der Waals surface area contributed by atoms with E-state index >= 15 is 0 Å². The van der Waals surface area contributed by atoms with Crippen molar-refractivity contribution < 1.29 is 14.3 Å². The fourth-order valence-electron chi connectivity index (χ4n) is 3.67. The van der Waals surface area contributed by atoms with Crippen LogP contribution in [0.5, 0.6) is 11.5 Å². The number of carbonyl (C=O) groups is 1. The van der Waals surface area contributed by atoms with Gasteiger partial charge in [0.15, 0.2) is 0 Å². The highest BCUT2D eigenvalue weighted by Crippen LogP contribution is 2.25. The third-order valence-corrected chi connectivity index (χ3v) is 5.55. The Balaban J connectivity index is 1.44. The fraction of sp³-hybridized carbons (Fsp3) is 0.138. The second-order valence-corrected chi connectivity index (χ2v) is 7.81. The fourth-order valence-corrected chi connectivity index (χ4v) is 3.67. The number of rotatable bonds is 8. The second-order valence-electron chi connectivity index (χ2n) is 7.81. The third kappa shape index (κ3) is 5.60. The van der Waals surface area contributed by atoms with E-state index in [2.05, 4.69) is 17.4 Å². The predicted molar refractivity (Wildman–Crippen MR) is 132 cm³/mol. The van der Waals surface area contributed by atoms with Crippen LogP contribution in [0, 0.1) is 0 Å². The van der Waals surface area contributed by atoms with E-state index in [0.29, 0.717) is 17.9 Å². The van der Waals surface area contributed by atoms with Crippen molar-refractivity contribution in [1.82, 2.24) is 5.32 Å². The van der Waals surface area contributed by atoms with Crippen LogP contribution in [-0.4, -0.2) is 13.0 Å². The summed E-state index contributed by atoms with van der Waals surface area (Å²) < 4.78 is 11.5. The summed E-state index contributed by atoms with van der Waals surface area (Å²) in [6, 6.07) is 33.4. The Kier molecular flexibility index (Phi) is 7.06. The Bertz CT molecular complexity index is 1190. The van der Waals surface area contributed by atoms with Crippen LogP contribution in [0.1, 0.15) is 34.5 Å². The molecule has 1 atom stereocenters. The van der Waals surface area contributed by atoms with E-state index in [0.717, 1.165) is 28.0 Å². The van der Waals surface area contributed by atoms with Crippen LogP contribution < -0.4 is 14.8 Å². The molecule has 0 heterocycles. The molecule has 0 saturated heterocycles. The van der Waals surface area contributed by atoms with Gasteiger partial charge < -0.3 is 14.8 Å². The lowest BCUT2D eigenvalue weighted by atomic mass is 10.1. The molecule has 0 radical (unpaired) electrons. The van der Waals surface area contributed by atoms with E-state index in [1.54, 1.807) is 19.2 Å². The molecular formula is C29H27NO3. The zero-order valence-corrected chi connectivity index (χ0v) is 18.8. The normalized spacial score (nSPS) is 11.5. The zero-order chi connectivity index (χ0) is 23.0. The first-order chi connectivity index (χ1) is 16.1. The maximum Gasteiger partial charge on any atom is 0.251 e. The second kappa shape index (κ2) is 10.5. The number of hydrogen-bond donors (Lipinski definition) is 1. The molecule has 1 amide bonds. The molecule has 166 valence electrons. The number of hydrogen-bond acceptors (Lipinski definition) is 3. The van der Waals surface area contributed by atoms with Crippen LogP contribution in [0.25, 0.3) is 11.1 Å². The molecule has 0 unspecified atom stereocenters. The minimum atomic E-state index is -0.137. The molecule has 0 aliphatic carbocycles. The zero-order valence-electron chi connectivity index (χ0n) is 18.8. The smallest absolute Gasteiger partial charge is 0.251 e. The van der Waals surface area contributed by atoms with Gasteiger partial charge in [-0.15, -0.1) is 0 Å². The summed E-state index contributed by atoms with van der Waals surface area (Å²) >= 11 is 0. The maximum atomic E-state index is 12.8. The van der Waals surface area contributed by atoms with E-state index in [1.807, 2.05) is 85.8 Å². The first-order valence-electron chi connectivity index (χ1n) is 10.9. The van der Waals surface area contributed by atoms with Crippen molar-refractivity contribution in [1.29, 1.82) is 0 Å². The Morgan fingerprint density at radius 1 is 0.818 bits per heavy atom. The van der Waals surface area contributed by atoms with Gasteiger partial charge in [0, 0.05) is 11.1 Å². The molecule has 4 aromatic carbocycles. The van der Waals surface area contributed by atoms with Crippen LogP contribution in [0.4, 0.5) is 0 Å². The van der Waals surface area contributed by atoms with Gasteiger partial charge in [0.2, 0.25) is 0 Å². The number of amides is 1. The van der Waals surface area contributed by atoms with E-state index in [4.69, 9.17) is 9.47 Å². The number of nitrogens with one attached hydrogen (secondary N) is 1. The highest BCUT2D eigenvalue weighted by atomic mass is 16.5. The molecule has 4 rings (SSSR count). The van der Waals surface area contributed by atoms with Gasteiger partial charge >= 0.3 is 0 Å². The summed E-state index contributed by atoms with van der Waals surface area (Å²) in [5, 5.41) is 3.05. The highest BCUT2D eigenvalue weighted by Gasteiger charge is 2.14. The van der Waals surface area contributed by atoms with Crippen LogP contribution in [-0.2, 0) is 6.61 Å². The van der Waals surface area contributed by atoms with Gasteiger partial charge in [0.05, 0.1) is 13.2 Å². The Hall–Kier alpha value is -4.05. The van der Waals surface area contributed by atoms with Crippen molar-refractivity contribution in [3.63, 3.8) is 0 Å². The third-order valence-electron chi connectivity index (χ3n) is 5.55. The van der Waals surface area contributed by atoms with E-state index in [9.17, 15) is 4.79 Å². The minimum Gasteiger partial charge on any atom is -0.496 e. The summed E-state index contributed by atoms with van der Waals surface area (Å²) in [6.45, 7) is 2.27. The number of methoxy groups -OCH3 is 1. The molecule has 0 aromatic heterocycles. The minimum absolute atomic E-state index is 0.0939. The summed E-state index contributed by atoms with van der Waals surface area (Å²) in [5.74, 6) is 1.30. The first kappa shape index (κ1) is 22.2. The largest absolute Gasteiger partial charge is 0.496 e. The highest BCUT2D eigenvalue weighted by molar-refractivity contribution is 5.94. The van der Waals surface area contributed by atoms with Crippen LogP contribution in [0.15, 0.2) is 103 Å². The van der Waals surface area contributed by atoms with Crippen LogP contribution in [0.3, 0.4) is 0 Å². The maximum absolute atomic E-state index is 12.8. The molecule has 33 heavy (non-hydrogen) atoms. The molecule has 4 heteroatoms. The number of benzene rings is 4. The van der Waals surface area contributed by atoms with Gasteiger partial charge in [0.1, 0.15) is 18.1 Å². The standard InChI is InChI=1S/C29H27NO3/c1-21(22-9-5-3-6-10-22)30-29(31)25-15-18-28(32-2)26(19-25)20-33-27-16-13-24(14-17-27)23-11-7-4-8-12-23/h3-19,21H,20H2,1-2H3,(H,30,31)/t21-/m1/s1. The monoisotopic (exact) mass is 437 g/mol. The van der Waals surface area contributed by atoms with Gasteiger partial charge in [-0.3, -0.25) is 4.79 Å². The Morgan fingerprint density at radius 2 is 1.45 bits per heavy atom. The van der Waals surface area contributed by atoms with Crippen LogP contribution >= 0.6 is 0 Å². The molecule has 0 aliphatic rings.